The Hall–Kier alpha value is -1.71. The topological polar surface area (TPSA) is 107 Å². The first-order valence-electron chi connectivity index (χ1n) is 7.53. The minimum Gasteiger partial charge on any atom is -0.463 e. The molecule has 2 aliphatic rings. The van der Waals surface area contributed by atoms with Crippen LogP contribution in [0.4, 0.5) is 0 Å². The van der Waals surface area contributed by atoms with Crippen molar-refractivity contribution in [2.75, 3.05) is 13.2 Å². The third kappa shape index (κ3) is 3.85. The van der Waals surface area contributed by atoms with Gasteiger partial charge in [0.05, 0.1) is 0 Å². The molecule has 0 aromatic rings. The molecule has 0 amide bonds. The summed E-state index contributed by atoms with van der Waals surface area (Å²) in [4.78, 5) is 34.0. The van der Waals surface area contributed by atoms with Crippen molar-refractivity contribution in [3.05, 3.63) is 0 Å². The summed E-state index contributed by atoms with van der Waals surface area (Å²) in [7, 11) is 0. The molecule has 2 aliphatic heterocycles. The van der Waals surface area contributed by atoms with E-state index in [0.29, 0.717) is 0 Å². The first-order chi connectivity index (χ1) is 11.1. The number of ether oxygens (including phenoxy) is 6. The van der Waals surface area contributed by atoms with E-state index in [1.54, 1.807) is 13.8 Å². The molecular formula is C15H22O9. The smallest absolute Gasteiger partial charge is 0.303 e. The first-order valence-corrected chi connectivity index (χ1v) is 7.53. The third-order valence-electron chi connectivity index (χ3n) is 3.66. The van der Waals surface area contributed by atoms with Gasteiger partial charge in [-0.2, -0.15) is 0 Å². The van der Waals surface area contributed by atoms with E-state index in [0.717, 1.165) is 0 Å². The second-order valence-electron chi connectivity index (χ2n) is 6.18. The van der Waals surface area contributed by atoms with E-state index in [1.165, 1.54) is 20.8 Å². The van der Waals surface area contributed by atoms with E-state index in [4.69, 9.17) is 28.4 Å². The van der Waals surface area contributed by atoms with Gasteiger partial charge in [-0.3, -0.25) is 14.4 Å². The standard InChI is InChI=1S/C15H22O9/c1-8(16)19-6-11-15(22-10(3)18,7-20-9(2)17)12-13(21-11)24-14(4,5)23-12/h11-13H,6-7H2,1-5H3/t11-,12+,13?,15+/m1/s1. The van der Waals surface area contributed by atoms with E-state index in [1.807, 2.05) is 0 Å². The van der Waals surface area contributed by atoms with Gasteiger partial charge < -0.3 is 28.4 Å². The Morgan fingerprint density at radius 2 is 1.58 bits per heavy atom. The van der Waals surface area contributed by atoms with Gasteiger partial charge in [0.15, 0.2) is 18.2 Å². The summed E-state index contributed by atoms with van der Waals surface area (Å²) < 4.78 is 32.7. The lowest BCUT2D eigenvalue weighted by atomic mass is 9.93. The molecule has 0 bridgehead atoms. The summed E-state index contributed by atoms with van der Waals surface area (Å²) in [5.41, 5.74) is -1.48. The Morgan fingerprint density at radius 1 is 0.958 bits per heavy atom. The highest BCUT2D eigenvalue weighted by molar-refractivity contribution is 5.68. The van der Waals surface area contributed by atoms with Crippen molar-refractivity contribution in [1.29, 1.82) is 0 Å². The molecule has 0 aliphatic carbocycles. The van der Waals surface area contributed by atoms with Gasteiger partial charge >= 0.3 is 17.9 Å². The number of esters is 3. The maximum Gasteiger partial charge on any atom is 0.303 e. The fourth-order valence-electron chi connectivity index (χ4n) is 2.80. The normalized spacial score (nSPS) is 33.6. The van der Waals surface area contributed by atoms with Crippen molar-refractivity contribution in [2.24, 2.45) is 0 Å². The average Bonchev–Trinajstić information content (AvgIpc) is 2.86. The molecule has 2 rings (SSSR count). The molecular weight excluding hydrogens is 324 g/mol. The lowest BCUT2D eigenvalue weighted by Crippen LogP contribution is -2.57. The predicted octanol–water partition coefficient (Wildman–Crippen LogP) is 0.291. The molecule has 1 unspecified atom stereocenters. The zero-order valence-corrected chi connectivity index (χ0v) is 14.3. The SMILES string of the molecule is CC(=O)OC[C@H]1OC2OC(C)(C)O[C@@H]2[C@@]1(COC(C)=O)OC(C)=O. The van der Waals surface area contributed by atoms with Gasteiger partial charge in [-0.25, -0.2) is 0 Å². The van der Waals surface area contributed by atoms with Crippen LogP contribution in [0.25, 0.3) is 0 Å². The molecule has 0 saturated carbocycles. The minimum absolute atomic E-state index is 0.204. The monoisotopic (exact) mass is 346 g/mol. The van der Waals surface area contributed by atoms with Gasteiger partial charge in [-0.15, -0.1) is 0 Å². The molecule has 9 nitrogen and oxygen atoms in total. The Kier molecular flexibility index (Phi) is 5.17. The fraction of sp³-hybridized carbons (Fsp3) is 0.800. The molecule has 2 saturated heterocycles. The average molecular weight is 346 g/mol. The summed E-state index contributed by atoms with van der Waals surface area (Å²) in [6, 6.07) is 0. The van der Waals surface area contributed by atoms with Crippen LogP contribution in [0, 0.1) is 0 Å². The van der Waals surface area contributed by atoms with Crippen LogP contribution in [0.1, 0.15) is 34.6 Å². The molecule has 0 N–H and O–H groups in total. The maximum absolute atomic E-state index is 11.7. The molecule has 2 heterocycles. The van der Waals surface area contributed by atoms with Gasteiger partial charge in [0.2, 0.25) is 5.60 Å². The second kappa shape index (κ2) is 6.66. The first kappa shape index (κ1) is 18.6. The van der Waals surface area contributed by atoms with Gasteiger partial charge in [0.25, 0.3) is 0 Å². The van der Waals surface area contributed by atoms with Crippen molar-refractivity contribution in [1.82, 2.24) is 0 Å². The number of carbonyl (C=O) groups is 3. The van der Waals surface area contributed by atoms with Crippen LogP contribution in [0.15, 0.2) is 0 Å². The van der Waals surface area contributed by atoms with Crippen LogP contribution in [0.3, 0.4) is 0 Å². The van der Waals surface area contributed by atoms with Crippen molar-refractivity contribution in [3.8, 4) is 0 Å². The van der Waals surface area contributed by atoms with Crippen LogP contribution in [-0.2, 0) is 42.8 Å². The molecule has 9 heteroatoms. The zero-order chi connectivity index (χ0) is 18.1. The highest BCUT2D eigenvalue weighted by Gasteiger charge is 2.67. The van der Waals surface area contributed by atoms with E-state index in [9.17, 15) is 14.4 Å². The summed E-state index contributed by atoms with van der Waals surface area (Å²) in [5, 5.41) is 0. The van der Waals surface area contributed by atoms with Gasteiger partial charge in [-0.05, 0) is 13.8 Å². The molecule has 0 aromatic carbocycles. The second-order valence-corrected chi connectivity index (χ2v) is 6.18. The number of rotatable bonds is 5. The minimum atomic E-state index is -1.48. The van der Waals surface area contributed by atoms with E-state index in [2.05, 4.69) is 0 Å². The molecule has 0 spiro atoms. The van der Waals surface area contributed by atoms with Crippen LogP contribution >= 0.6 is 0 Å². The summed E-state index contributed by atoms with van der Waals surface area (Å²) >= 11 is 0. The largest absolute Gasteiger partial charge is 0.463 e. The summed E-state index contributed by atoms with van der Waals surface area (Å²) in [6.45, 7) is 6.53. The Bertz CT molecular complexity index is 529. The van der Waals surface area contributed by atoms with E-state index in [-0.39, 0.29) is 13.2 Å². The fourth-order valence-corrected chi connectivity index (χ4v) is 2.80. The number of carbonyl (C=O) groups excluding carboxylic acids is 3. The van der Waals surface area contributed by atoms with Crippen molar-refractivity contribution >= 4 is 17.9 Å². The van der Waals surface area contributed by atoms with Gasteiger partial charge in [0, 0.05) is 20.8 Å². The van der Waals surface area contributed by atoms with Gasteiger partial charge in [0.1, 0.15) is 19.3 Å². The van der Waals surface area contributed by atoms with Crippen LogP contribution in [0.5, 0.6) is 0 Å². The van der Waals surface area contributed by atoms with Crippen molar-refractivity contribution < 1.29 is 42.8 Å². The molecule has 24 heavy (non-hydrogen) atoms. The molecule has 0 radical (unpaired) electrons. The quantitative estimate of drug-likeness (QED) is 0.513. The lowest BCUT2D eigenvalue weighted by Gasteiger charge is -2.36. The van der Waals surface area contributed by atoms with E-state index >= 15 is 0 Å². The molecule has 136 valence electrons. The van der Waals surface area contributed by atoms with Crippen LogP contribution in [-0.4, -0.2) is 61.0 Å². The highest BCUT2D eigenvalue weighted by atomic mass is 16.8. The predicted molar refractivity (Wildman–Crippen MR) is 76.5 cm³/mol. The van der Waals surface area contributed by atoms with Crippen LogP contribution in [0.2, 0.25) is 0 Å². The Labute approximate surface area is 139 Å². The molecule has 4 atom stereocenters. The van der Waals surface area contributed by atoms with E-state index < -0.39 is 47.8 Å². The Balaban J connectivity index is 2.32. The zero-order valence-electron chi connectivity index (χ0n) is 14.3. The lowest BCUT2D eigenvalue weighted by molar-refractivity contribution is -0.246. The number of fused-ring (bicyclic) bond motifs is 1. The van der Waals surface area contributed by atoms with Gasteiger partial charge in [-0.1, -0.05) is 0 Å². The van der Waals surface area contributed by atoms with Crippen molar-refractivity contribution in [3.63, 3.8) is 0 Å². The highest BCUT2D eigenvalue weighted by Crippen LogP contribution is 2.45. The third-order valence-corrected chi connectivity index (χ3v) is 3.66. The van der Waals surface area contributed by atoms with Crippen molar-refractivity contribution in [2.45, 2.75) is 64.5 Å². The molecule has 0 aromatic heterocycles. The maximum atomic E-state index is 11.7. The summed E-state index contributed by atoms with van der Waals surface area (Å²) in [5.74, 6) is -2.67. The molecule has 2 fully saturated rings. The number of hydrogen-bond donors (Lipinski definition) is 0. The summed E-state index contributed by atoms with van der Waals surface area (Å²) in [6.07, 6.45) is -2.59. The van der Waals surface area contributed by atoms with Crippen LogP contribution < -0.4 is 0 Å². The Morgan fingerprint density at radius 3 is 2.12 bits per heavy atom. The number of hydrogen-bond acceptors (Lipinski definition) is 9.